The molecule has 1 saturated heterocycles. The van der Waals surface area contributed by atoms with E-state index in [1.54, 1.807) is 0 Å². The zero-order chi connectivity index (χ0) is 6.85. The van der Waals surface area contributed by atoms with Crippen molar-refractivity contribution in [3.8, 4) is 0 Å². The lowest BCUT2D eigenvalue weighted by atomic mass is 10.2. The summed E-state index contributed by atoms with van der Waals surface area (Å²) in [5.74, 6) is -0.723. The second-order valence-electron chi connectivity index (χ2n) is 2.54. The summed E-state index contributed by atoms with van der Waals surface area (Å²) in [6.07, 6.45) is 1.76. The van der Waals surface area contributed by atoms with Crippen LogP contribution in [0.2, 0.25) is 0 Å². The molecular formula is C6H11NO2. The summed E-state index contributed by atoms with van der Waals surface area (Å²) in [5.41, 5.74) is 0. The number of carboxylic acids is 1. The normalized spacial score (nSPS) is 34.8. The average Bonchev–Trinajstić information content (AvgIpc) is 2.14. The standard InChI is InChI=1S/C6H11NO2/c1-4-2-3-5(7-4)6(8)9/h4-5,7H,2-3H2,1H3,(H,8,9)/t4?,5-/m1/s1. The van der Waals surface area contributed by atoms with Crippen LogP contribution in [-0.2, 0) is 4.79 Å². The number of aliphatic carboxylic acids is 1. The number of carboxylic acid groups (broad SMARTS) is 1. The van der Waals surface area contributed by atoms with Crippen molar-refractivity contribution in [2.45, 2.75) is 31.8 Å². The van der Waals surface area contributed by atoms with Crippen LogP contribution in [0.4, 0.5) is 0 Å². The van der Waals surface area contributed by atoms with Gasteiger partial charge in [-0.05, 0) is 19.8 Å². The molecule has 1 rings (SSSR count). The van der Waals surface area contributed by atoms with Crippen LogP contribution in [0.5, 0.6) is 0 Å². The third-order valence-electron chi connectivity index (χ3n) is 1.67. The van der Waals surface area contributed by atoms with E-state index in [9.17, 15) is 4.79 Å². The van der Waals surface area contributed by atoms with Gasteiger partial charge >= 0.3 is 5.97 Å². The van der Waals surface area contributed by atoms with Gasteiger partial charge in [0, 0.05) is 6.04 Å². The third kappa shape index (κ3) is 1.42. The maximum atomic E-state index is 10.3. The minimum absolute atomic E-state index is 0.292. The molecule has 0 aliphatic carbocycles. The van der Waals surface area contributed by atoms with Crippen LogP contribution < -0.4 is 5.32 Å². The Morgan fingerprint density at radius 2 is 2.33 bits per heavy atom. The quantitative estimate of drug-likeness (QED) is 0.532. The molecule has 1 heterocycles. The monoisotopic (exact) mass is 129 g/mol. The largest absolute Gasteiger partial charge is 0.480 e. The average molecular weight is 129 g/mol. The van der Waals surface area contributed by atoms with Crippen molar-refractivity contribution in [3.05, 3.63) is 0 Å². The minimum atomic E-state index is -0.723. The fourth-order valence-electron chi connectivity index (χ4n) is 1.12. The Morgan fingerprint density at radius 1 is 1.67 bits per heavy atom. The lowest BCUT2D eigenvalue weighted by Crippen LogP contribution is -2.33. The molecule has 2 atom stereocenters. The molecule has 3 heteroatoms. The van der Waals surface area contributed by atoms with E-state index < -0.39 is 5.97 Å². The van der Waals surface area contributed by atoms with Crippen molar-refractivity contribution >= 4 is 5.97 Å². The maximum Gasteiger partial charge on any atom is 0.320 e. The van der Waals surface area contributed by atoms with Gasteiger partial charge in [-0.15, -0.1) is 0 Å². The number of rotatable bonds is 1. The maximum absolute atomic E-state index is 10.3. The highest BCUT2D eigenvalue weighted by atomic mass is 16.4. The fourth-order valence-corrected chi connectivity index (χ4v) is 1.12. The van der Waals surface area contributed by atoms with E-state index in [2.05, 4.69) is 5.32 Å². The molecule has 0 amide bonds. The Bertz CT molecular complexity index is 124. The second kappa shape index (κ2) is 2.35. The lowest BCUT2D eigenvalue weighted by molar-refractivity contribution is -0.139. The first-order valence-corrected chi connectivity index (χ1v) is 3.19. The predicted molar refractivity (Wildman–Crippen MR) is 33.3 cm³/mol. The van der Waals surface area contributed by atoms with E-state index in [0.29, 0.717) is 6.04 Å². The third-order valence-corrected chi connectivity index (χ3v) is 1.67. The van der Waals surface area contributed by atoms with Gasteiger partial charge in [-0.2, -0.15) is 0 Å². The van der Waals surface area contributed by atoms with E-state index in [-0.39, 0.29) is 6.04 Å². The van der Waals surface area contributed by atoms with Gasteiger partial charge in [0.15, 0.2) is 0 Å². The Hall–Kier alpha value is -0.570. The summed E-state index contributed by atoms with van der Waals surface area (Å²) in [4.78, 5) is 10.3. The topological polar surface area (TPSA) is 49.3 Å². The smallest absolute Gasteiger partial charge is 0.320 e. The molecule has 2 N–H and O–H groups in total. The van der Waals surface area contributed by atoms with E-state index in [1.165, 1.54) is 0 Å². The van der Waals surface area contributed by atoms with Crippen LogP contribution in [0.1, 0.15) is 19.8 Å². The first-order valence-electron chi connectivity index (χ1n) is 3.19. The molecule has 0 radical (unpaired) electrons. The van der Waals surface area contributed by atoms with Crippen molar-refractivity contribution in [2.24, 2.45) is 0 Å². The molecule has 0 aromatic rings. The number of nitrogens with one attached hydrogen (secondary N) is 1. The minimum Gasteiger partial charge on any atom is -0.480 e. The molecule has 1 aliphatic heterocycles. The van der Waals surface area contributed by atoms with Crippen LogP contribution in [-0.4, -0.2) is 23.2 Å². The fraction of sp³-hybridized carbons (Fsp3) is 0.833. The summed E-state index contributed by atoms with van der Waals surface area (Å²) in [5, 5.41) is 11.4. The van der Waals surface area contributed by atoms with Gasteiger partial charge in [-0.3, -0.25) is 4.79 Å². The molecule has 0 bridgehead atoms. The summed E-state index contributed by atoms with van der Waals surface area (Å²) in [6.45, 7) is 2.00. The molecule has 1 unspecified atom stereocenters. The summed E-state index contributed by atoms with van der Waals surface area (Å²) < 4.78 is 0. The van der Waals surface area contributed by atoms with Crippen molar-refractivity contribution < 1.29 is 9.90 Å². The lowest BCUT2D eigenvalue weighted by Gasteiger charge is -2.03. The van der Waals surface area contributed by atoms with Gasteiger partial charge in [0.1, 0.15) is 6.04 Å². The Morgan fingerprint density at radius 3 is 2.56 bits per heavy atom. The molecule has 0 spiro atoms. The Balaban J connectivity index is 2.39. The molecule has 0 saturated carbocycles. The van der Waals surface area contributed by atoms with Gasteiger partial charge < -0.3 is 10.4 Å². The SMILES string of the molecule is CC1CC[C@H](C(=O)O)N1. The molecule has 9 heavy (non-hydrogen) atoms. The van der Waals surface area contributed by atoms with Crippen LogP contribution >= 0.6 is 0 Å². The van der Waals surface area contributed by atoms with E-state index in [1.807, 2.05) is 6.92 Å². The van der Waals surface area contributed by atoms with Gasteiger partial charge in [0.05, 0.1) is 0 Å². The number of carbonyl (C=O) groups is 1. The highest BCUT2D eigenvalue weighted by Gasteiger charge is 2.25. The Labute approximate surface area is 54.1 Å². The Kier molecular flexibility index (Phi) is 1.71. The van der Waals surface area contributed by atoms with Crippen LogP contribution in [0, 0.1) is 0 Å². The van der Waals surface area contributed by atoms with Crippen molar-refractivity contribution in [1.29, 1.82) is 0 Å². The molecular weight excluding hydrogens is 118 g/mol. The molecule has 1 aliphatic rings. The van der Waals surface area contributed by atoms with Crippen LogP contribution in [0.15, 0.2) is 0 Å². The van der Waals surface area contributed by atoms with Gasteiger partial charge in [-0.1, -0.05) is 0 Å². The van der Waals surface area contributed by atoms with E-state index in [0.717, 1.165) is 12.8 Å². The number of hydrogen-bond donors (Lipinski definition) is 2. The molecule has 52 valence electrons. The van der Waals surface area contributed by atoms with Crippen LogP contribution in [0.3, 0.4) is 0 Å². The molecule has 0 aromatic carbocycles. The predicted octanol–water partition coefficient (Wildman–Crippen LogP) is 0.212. The van der Waals surface area contributed by atoms with Crippen molar-refractivity contribution in [1.82, 2.24) is 5.32 Å². The summed E-state index contributed by atoms with van der Waals surface area (Å²) >= 11 is 0. The van der Waals surface area contributed by atoms with Gasteiger partial charge in [0.25, 0.3) is 0 Å². The zero-order valence-electron chi connectivity index (χ0n) is 5.42. The highest BCUT2D eigenvalue weighted by Crippen LogP contribution is 2.10. The molecule has 1 fully saturated rings. The van der Waals surface area contributed by atoms with Crippen molar-refractivity contribution in [2.75, 3.05) is 0 Å². The highest BCUT2D eigenvalue weighted by molar-refractivity contribution is 5.73. The summed E-state index contributed by atoms with van der Waals surface area (Å²) in [6, 6.07) is 0.0890. The van der Waals surface area contributed by atoms with E-state index in [4.69, 9.17) is 5.11 Å². The van der Waals surface area contributed by atoms with Crippen molar-refractivity contribution in [3.63, 3.8) is 0 Å². The second-order valence-corrected chi connectivity index (χ2v) is 2.54. The first-order chi connectivity index (χ1) is 4.20. The molecule has 3 nitrogen and oxygen atoms in total. The van der Waals surface area contributed by atoms with Crippen LogP contribution in [0.25, 0.3) is 0 Å². The van der Waals surface area contributed by atoms with Gasteiger partial charge in [0.2, 0.25) is 0 Å². The summed E-state index contributed by atoms with van der Waals surface area (Å²) in [7, 11) is 0. The van der Waals surface area contributed by atoms with Gasteiger partial charge in [-0.25, -0.2) is 0 Å². The number of hydrogen-bond acceptors (Lipinski definition) is 2. The van der Waals surface area contributed by atoms with E-state index >= 15 is 0 Å². The molecule has 0 aromatic heterocycles. The zero-order valence-corrected chi connectivity index (χ0v) is 5.42. The first kappa shape index (κ1) is 6.55.